The minimum atomic E-state index is -0.874. The van der Waals surface area contributed by atoms with Crippen LogP contribution >= 0.6 is 0 Å². The average molecular weight is 326 g/mol. The molecule has 0 saturated heterocycles. The summed E-state index contributed by atoms with van der Waals surface area (Å²) in [5, 5.41) is 11.6. The maximum atomic E-state index is 13.5. The number of likely N-dealkylation sites (N-methyl/N-ethyl adjacent to an activating group) is 1. The van der Waals surface area contributed by atoms with Gasteiger partial charge in [0.25, 0.3) is 0 Å². The summed E-state index contributed by atoms with van der Waals surface area (Å²) >= 11 is 0. The molecule has 0 unspecified atom stereocenters. The lowest BCUT2D eigenvalue weighted by Crippen LogP contribution is -2.55. The smallest absolute Gasteiger partial charge is 0.317 e. The number of carboxylic acids is 1. The maximum absolute atomic E-state index is 13.5. The van der Waals surface area contributed by atoms with Crippen LogP contribution in [0.2, 0.25) is 0 Å². The third-order valence-electron chi connectivity index (χ3n) is 4.10. The molecule has 126 valence electrons. The van der Waals surface area contributed by atoms with E-state index in [0.29, 0.717) is 19.4 Å². The van der Waals surface area contributed by atoms with E-state index in [2.05, 4.69) is 5.32 Å². The molecule has 0 aromatic heterocycles. The summed E-state index contributed by atoms with van der Waals surface area (Å²) in [6.07, 6.45) is 1.12. The van der Waals surface area contributed by atoms with Crippen LogP contribution in [0, 0.1) is 11.6 Å². The van der Waals surface area contributed by atoms with E-state index < -0.39 is 17.6 Å². The Labute approximate surface area is 133 Å². The van der Waals surface area contributed by atoms with Crippen molar-refractivity contribution in [1.82, 2.24) is 10.2 Å². The molecule has 2 N–H and O–H groups in total. The molecule has 7 heteroatoms. The lowest BCUT2D eigenvalue weighted by Gasteiger charge is -2.42. The molecule has 0 aliphatic heterocycles. The zero-order valence-electron chi connectivity index (χ0n) is 12.9. The number of carbonyl (C=O) groups is 2. The van der Waals surface area contributed by atoms with E-state index in [1.165, 1.54) is 0 Å². The minimum Gasteiger partial charge on any atom is -0.480 e. The van der Waals surface area contributed by atoms with Crippen LogP contribution in [0.15, 0.2) is 18.2 Å². The summed E-state index contributed by atoms with van der Waals surface area (Å²) in [5.41, 5.74) is 0.0273. The first kappa shape index (κ1) is 17.3. The minimum absolute atomic E-state index is 0.0175. The molecule has 5 nitrogen and oxygen atoms in total. The second kappa shape index (κ2) is 7.50. The van der Waals surface area contributed by atoms with Crippen molar-refractivity contribution in [2.75, 3.05) is 13.1 Å². The monoisotopic (exact) mass is 326 g/mol. The molecule has 1 saturated carbocycles. The Hall–Kier alpha value is -2.02. The van der Waals surface area contributed by atoms with E-state index in [9.17, 15) is 18.4 Å². The van der Waals surface area contributed by atoms with E-state index in [0.717, 1.165) is 18.2 Å². The van der Waals surface area contributed by atoms with Crippen molar-refractivity contribution in [3.05, 3.63) is 35.4 Å². The van der Waals surface area contributed by atoms with E-state index in [1.807, 2.05) is 11.8 Å². The van der Waals surface area contributed by atoms with Crippen molar-refractivity contribution in [3.8, 4) is 0 Å². The van der Waals surface area contributed by atoms with Gasteiger partial charge < -0.3 is 10.4 Å². The van der Waals surface area contributed by atoms with Crippen molar-refractivity contribution in [2.24, 2.45) is 0 Å². The molecule has 1 aliphatic carbocycles. The third kappa shape index (κ3) is 4.72. The van der Waals surface area contributed by atoms with Gasteiger partial charge in [0, 0.05) is 17.6 Å². The highest BCUT2D eigenvalue weighted by Crippen LogP contribution is 2.25. The molecule has 0 spiro atoms. The fraction of sp³-hybridized carbons (Fsp3) is 0.500. The SMILES string of the molecule is CCN(CC(=O)O)C1CC(NC(=O)Cc2cc(F)ccc2F)C1. The van der Waals surface area contributed by atoms with Crippen LogP contribution < -0.4 is 5.32 Å². The Bertz CT molecular complexity index is 589. The quantitative estimate of drug-likeness (QED) is 0.798. The van der Waals surface area contributed by atoms with E-state index in [4.69, 9.17) is 5.11 Å². The van der Waals surface area contributed by atoms with Gasteiger partial charge in [-0.1, -0.05) is 6.92 Å². The predicted octanol–water partition coefficient (Wildman–Crippen LogP) is 1.56. The number of benzene rings is 1. The van der Waals surface area contributed by atoms with Crippen LogP contribution in [-0.2, 0) is 16.0 Å². The highest BCUT2D eigenvalue weighted by atomic mass is 19.1. The first-order valence-electron chi connectivity index (χ1n) is 7.58. The molecule has 0 heterocycles. The van der Waals surface area contributed by atoms with Gasteiger partial charge in [-0.2, -0.15) is 0 Å². The van der Waals surface area contributed by atoms with Crippen molar-refractivity contribution in [2.45, 2.75) is 38.3 Å². The van der Waals surface area contributed by atoms with Gasteiger partial charge in [0.15, 0.2) is 0 Å². The lowest BCUT2D eigenvalue weighted by atomic mass is 9.85. The standard InChI is InChI=1S/C16H20F2N2O3/c1-2-20(9-16(22)23)13-7-12(8-13)19-15(21)6-10-5-11(17)3-4-14(10)18/h3-5,12-13H,2,6-9H2,1H3,(H,19,21)(H,22,23). The summed E-state index contributed by atoms with van der Waals surface area (Å²) < 4.78 is 26.6. The van der Waals surface area contributed by atoms with Crippen LogP contribution in [0.1, 0.15) is 25.3 Å². The van der Waals surface area contributed by atoms with E-state index in [-0.39, 0.29) is 36.5 Å². The second-order valence-corrected chi connectivity index (χ2v) is 5.76. The Kier molecular flexibility index (Phi) is 5.65. The molecule has 2 rings (SSSR count). The van der Waals surface area contributed by atoms with Crippen LogP contribution in [-0.4, -0.2) is 47.1 Å². The number of carbonyl (C=O) groups excluding carboxylic acids is 1. The van der Waals surface area contributed by atoms with Crippen molar-refractivity contribution < 1.29 is 23.5 Å². The van der Waals surface area contributed by atoms with Crippen LogP contribution in [0.4, 0.5) is 8.78 Å². The number of hydrogen-bond donors (Lipinski definition) is 2. The largest absolute Gasteiger partial charge is 0.480 e. The second-order valence-electron chi connectivity index (χ2n) is 5.76. The van der Waals surface area contributed by atoms with Crippen molar-refractivity contribution in [1.29, 1.82) is 0 Å². The highest BCUT2D eigenvalue weighted by molar-refractivity contribution is 5.79. The molecule has 23 heavy (non-hydrogen) atoms. The molecule has 1 amide bonds. The highest BCUT2D eigenvalue weighted by Gasteiger charge is 2.34. The fourth-order valence-electron chi connectivity index (χ4n) is 2.81. The Morgan fingerprint density at radius 1 is 1.35 bits per heavy atom. The first-order valence-corrected chi connectivity index (χ1v) is 7.58. The number of amides is 1. The molecule has 0 atom stereocenters. The number of halogens is 2. The summed E-state index contributed by atoms with van der Waals surface area (Å²) in [4.78, 5) is 24.5. The molecule has 1 aliphatic rings. The third-order valence-corrected chi connectivity index (χ3v) is 4.10. The van der Waals surface area contributed by atoms with Crippen molar-refractivity contribution in [3.63, 3.8) is 0 Å². The molecule has 0 bridgehead atoms. The number of nitrogens with one attached hydrogen (secondary N) is 1. The molecular weight excluding hydrogens is 306 g/mol. The number of aliphatic carboxylic acids is 1. The number of rotatable bonds is 7. The van der Waals surface area contributed by atoms with Gasteiger partial charge >= 0.3 is 5.97 Å². The summed E-state index contributed by atoms with van der Waals surface area (Å²) in [7, 11) is 0. The van der Waals surface area contributed by atoms with Gasteiger partial charge in [0.1, 0.15) is 11.6 Å². The zero-order valence-corrected chi connectivity index (χ0v) is 12.9. The average Bonchev–Trinajstić information content (AvgIpc) is 2.44. The Balaban J connectivity index is 1.80. The molecule has 1 aromatic carbocycles. The molecule has 1 aromatic rings. The molecule has 0 radical (unpaired) electrons. The normalized spacial score (nSPS) is 20.2. The van der Waals surface area contributed by atoms with E-state index in [1.54, 1.807) is 0 Å². The van der Waals surface area contributed by atoms with Gasteiger partial charge in [0.2, 0.25) is 5.91 Å². The summed E-state index contributed by atoms with van der Waals surface area (Å²) in [5.74, 6) is -2.42. The molecular formula is C16H20F2N2O3. The van der Waals surface area contributed by atoms with Crippen LogP contribution in [0.3, 0.4) is 0 Å². The lowest BCUT2D eigenvalue weighted by molar-refractivity contribution is -0.139. The fourth-order valence-corrected chi connectivity index (χ4v) is 2.81. The molecule has 1 fully saturated rings. The van der Waals surface area contributed by atoms with Gasteiger partial charge in [-0.3, -0.25) is 14.5 Å². The van der Waals surface area contributed by atoms with E-state index >= 15 is 0 Å². The van der Waals surface area contributed by atoms with Gasteiger partial charge in [-0.15, -0.1) is 0 Å². The van der Waals surface area contributed by atoms with Crippen molar-refractivity contribution >= 4 is 11.9 Å². The first-order chi connectivity index (χ1) is 10.9. The number of hydrogen-bond acceptors (Lipinski definition) is 3. The summed E-state index contributed by atoms with van der Waals surface area (Å²) in [6.45, 7) is 2.50. The van der Waals surface area contributed by atoms with Gasteiger partial charge in [-0.05, 0) is 37.6 Å². The predicted molar refractivity (Wildman–Crippen MR) is 79.9 cm³/mol. The van der Waals surface area contributed by atoms with Crippen LogP contribution in [0.5, 0.6) is 0 Å². The Morgan fingerprint density at radius 2 is 2.04 bits per heavy atom. The van der Waals surface area contributed by atoms with Gasteiger partial charge in [-0.25, -0.2) is 8.78 Å². The Morgan fingerprint density at radius 3 is 2.65 bits per heavy atom. The zero-order chi connectivity index (χ0) is 17.0. The topological polar surface area (TPSA) is 69.6 Å². The number of nitrogens with zero attached hydrogens (tertiary/aromatic N) is 1. The summed E-state index contributed by atoms with van der Waals surface area (Å²) in [6, 6.07) is 3.11. The van der Waals surface area contributed by atoms with Gasteiger partial charge in [0.05, 0.1) is 13.0 Å². The maximum Gasteiger partial charge on any atom is 0.317 e. The number of carboxylic acid groups (broad SMARTS) is 1. The van der Waals surface area contributed by atoms with Crippen LogP contribution in [0.25, 0.3) is 0 Å².